The minimum atomic E-state index is 0.278. The minimum absolute atomic E-state index is 0.278. The van der Waals surface area contributed by atoms with Gasteiger partial charge in [0, 0.05) is 17.3 Å². The van der Waals surface area contributed by atoms with Crippen LogP contribution in [0, 0.1) is 6.57 Å². The SMILES string of the molecule is [C-]#[N+]c1ccnc(C2(C)CC2)c1. The standard InChI is InChI=1S/C10H10N2/c1-10(4-5-10)9-7-8(11-2)3-6-12-9/h3,6-7H,4-5H2,1H3. The Balaban J connectivity index is 2.40. The number of hydrogen-bond acceptors (Lipinski definition) is 1. The molecule has 2 heteroatoms. The second kappa shape index (κ2) is 2.31. The molecule has 1 heterocycles. The first kappa shape index (κ1) is 7.30. The molecule has 2 nitrogen and oxygen atoms in total. The van der Waals surface area contributed by atoms with Crippen molar-refractivity contribution in [1.82, 2.24) is 4.98 Å². The van der Waals surface area contributed by atoms with E-state index in [1.165, 1.54) is 12.8 Å². The predicted molar refractivity (Wildman–Crippen MR) is 47.1 cm³/mol. The summed E-state index contributed by atoms with van der Waals surface area (Å²) in [6.07, 6.45) is 4.15. The van der Waals surface area contributed by atoms with Gasteiger partial charge in [-0.25, -0.2) is 4.85 Å². The molecule has 60 valence electrons. The molecule has 0 saturated heterocycles. The molecule has 0 unspecified atom stereocenters. The lowest BCUT2D eigenvalue weighted by Gasteiger charge is -2.06. The van der Waals surface area contributed by atoms with Crippen LogP contribution in [-0.2, 0) is 5.41 Å². The summed E-state index contributed by atoms with van der Waals surface area (Å²) in [5.41, 5.74) is 2.06. The van der Waals surface area contributed by atoms with Gasteiger partial charge in [-0.15, -0.1) is 0 Å². The molecule has 0 aliphatic heterocycles. The van der Waals surface area contributed by atoms with E-state index in [4.69, 9.17) is 6.57 Å². The Morgan fingerprint density at radius 2 is 2.33 bits per heavy atom. The van der Waals surface area contributed by atoms with Crippen molar-refractivity contribution in [2.75, 3.05) is 0 Å². The molecule has 0 atom stereocenters. The molecule has 12 heavy (non-hydrogen) atoms. The summed E-state index contributed by atoms with van der Waals surface area (Å²) >= 11 is 0. The molecule has 0 N–H and O–H groups in total. The number of aromatic nitrogens is 1. The third-order valence-corrected chi connectivity index (χ3v) is 2.49. The van der Waals surface area contributed by atoms with Crippen LogP contribution in [0.2, 0.25) is 0 Å². The maximum absolute atomic E-state index is 6.86. The van der Waals surface area contributed by atoms with Gasteiger partial charge in [0.15, 0.2) is 5.69 Å². The monoisotopic (exact) mass is 158 g/mol. The maximum Gasteiger partial charge on any atom is 0.190 e. The summed E-state index contributed by atoms with van der Waals surface area (Å²) in [5.74, 6) is 0. The Hall–Kier alpha value is -1.36. The van der Waals surface area contributed by atoms with Gasteiger partial charge in [0.1, 0.15) is 0 Å². The second-order valence-corrected chi connectivity index (χ2v) is 3.57. The van der Waals surface area contributed by atoms with Crippen molar-refractivity contribution in [1.29, 1.82) is 0 Å². The van der Waals surface area contributed by atoms with Crippen LogP contribution >= 0.6 is 0 Å². The molecule has 2 rings (SSSR count). The van der Waals surface area contributed by atoms with Gasteiger partial charge in [0.05, 0.1) is 6.57 Å². The first-order chi connectivity index (χ1) is 5.74. The molecular formula is C10H10N2. The molecule has 1 aromatic rings. The highest BCUT2D eigenvalue weighted by Gasteiger charge is 2.40. The van der Waals surface area contributed by atoms with Crippen LogP contribution in [0.25, 0.3) is 4.85 Å². The lowest BCUT2D eigenvalue weighted by molar-refractivity contribution is 0.751. The molecule has 0 aromatic carbocycles. The van der Waals surface area contributed by atoms with E-state index >= 15 is 0 Å². The van der Waals surface area contributed by atoms with Crippen molar-refractivity contribution < 1.29 is 0 Å². The molecule has 1 aliphatic rings. The quantitative estimate of drug-likeness (QED) is 0.574. The topological polar surface area (TPSA) is 17.2 Å². The van der Waals surface area contributed by atoms with Gasteiger partial charge in [-0.05, 0) is 25.0 Å². The highest BCUT2D eigenvalue weighted by molar-refractivity contribution is 5.46. The van der Waals surface area contributed by atoms with Gasteiger partial charge in [-0.1, -0.05) is 6.92 Å². The van der Waals surface area contributed by atoms with Crippen molar-refractivity contribution in [2.45, 2.75) is 25.2 Å². The lowest BCUT2D eigenvalue weighted by atomic mass is 10.0. The molecule has 1 aliphatic carbocycles. The van der Waals surface area contributed by atoms with Crippen LogP contribution in [0.5, 0.6) is 0 Å². The molecule has 0 amide bonds. The third-order valence-electron chi connectivity index (χ3n) is 2.49. The Bertz CT molecular complexity index is 345. The average Bonchev–Trinajstić information content (AvgIpc) is 2.85. The second-order valence-electron chi connectivity index (χ2n) is 3.57. The fourth-order valence-electron chi connectivity index (χ4n) is 1.26. The van der Waals surface area contributed by atoms with Gasteiger partial charge in [0.25, 0.3) is 0 Å². The summed E-state index contributed by atoms with van der Waals surface area (Å²) in [7, 11) is 0. The normalized spacial score (nSPS) is 18.3. The molecule has 0 bridgehead atoms. The van der Waals surface area contributed by atoms with E-state index in [0.29, 0.717) is 5.69 Å². The largest absolute Gasteiger partial charge is 0.263 e. The third kappa shape index (κ3) is 1.08. The summed E-state index contributed by atoms with van der Waals surface area (Å²) in [6, 6.07) is 3.66. The molecule has 0 radical (unpaired) electrons. The van der Waals surface area contributed by atoms with E-state index in [-0.39, 0.29) is 5.41 Å². The summed E-state index contributed by atoms with van der Waals surface area (Å²) in [4.78, 5) is 7.66. The minimum Gasteiger partial charge on any atom is -0.263 e. The van der Waals surface area contributed by atoms with E-state index < -0.39 is 0 Å². The van der Waals surface area contributed by atoms with Crippen molar-refractivity contribution in [3.8, 4) is 0 Å². The van der Waals surface area contributed by atoms with Crippen molar-refractivity contribution >= 4 is 5.69 Å². The van der Waals surface area contributed by atoms with Crippen LogP contribution in [0.3, 0.4) is 0 Å². The highest BCUT2D eigenvalue weighted by Crippen LogP contribution is 2.47. The average molecular weight is 158 g/mol. The zero-order valence-electron chi connectivity index (χ0n) is 7.04. The van der Waals surface area contributed by atoms with Gasteiger partial charge < -0.3 is 0 Å². The van der Waals surface area contributed by atoms with E-state index in [1.807, 2.05) is 6.07 Å². The fourth-order valence-corrected chi connectivity index (χ4v) is 1.26. The van der Waals surface area contributed by atoms with E-state index in [1.54, 1.807) is 12.3 Å². The smallest absolute Gasteiger partial charge is 0.190 e. The van der Waals surface area contributed by atoms with Crippen molar-refractivity contribution in [2.24, 2.45) is 0 Å². The molecule has 1 aromatic heterocycles. The number of pyridine rings is 1. The summed E-state index contributed by atoms with van der Waals surface area (Å²) in [6.45, 7) is 9.06. The van der Waals surface area contributed by atoms with Crippen LogP contribution < -0.4 is 0 Å². The Kier molecular flexibility index (Phi) is 1.41. The first-order valence-electron chi connectivity index (χ1n) is 4.09. The Morgan fingerprint density at radius 3 is 2.92 bits per heavy atom. The Labute approximate surface area is 72.1 Å². The predicted octanol–water partition coefficient (Wildman–Crippen LogP) is 2.68. The van der Waals surface area contributed by atoms with Crippen LogP contribution in [0.4, 0.5) is 5.69 Å². The Morgan fingerprint density at radius 1 is 1.58 bits per heavy atom. The lowest BCUT2D eigenvalue weighted by Crippen LogP contribution is -2.01. The fraction of sp³-hybridized carbons (Fsp3) is 0.400. The van der Waals surface area contributed by atoms with Gasteiger partial charge in [-0.3, -0.25) is 4.98 Å². The van der Waals surface area contributed by atoms with E-state index in [2.05, 4.69) is 16.8 Å². The molecule has 1 fully saturated rings. The van der Waals surface area contributed by atoms with Crippen LogP contribution in [0.1, 0.15) is 25.5 Å². The zero-order valence-corrected chi connectivity index (χ0v) is 7.04. The summed E-state index contributed by atoms with van der Waals surface area (Å²) < 4.78 is 0. The van der Waals surface area contributed by atoms with E-state index in [9.17, 15) is 0 Å². The zero-order chi connectivity index (χ0) is 8.60. The van der Waals surface area contributed by atoms with Crippen LogP contribution in [0.15, 0.2) is 18.3 Å². The van der Waals surface area contributed by atoms with Crippen molar-refractivity contribution in [3.05, 3.63) is 35.4 Å². The molecule has 0 spiro atoms. The number of nitrogens with zero attached hydrogens (tertiary/aromatic N) is 2. The summed E-state index contributed by atoms with van der Waals surface area (Å²) in [5, 5.41) is 0. The van der Waals surface area contributed by atoms with E-state index in [0.717, 1.165) is 5.69 Å². The van der Waals surface area contributed by atoms with Gasteiger partial charge in [0.2, 0.25) is 0 Å². The van der Waals surface area contributed by atoms with Gasteiger partial charge in [-0.2, -0.15) is 0 Å². The maximum atomic E-state index is 6.86. The first-order valence-corrected chi connectivity index (χ1v) is 4.09. The van der Waals surface area contributed by atoms with Crippen LogP contribution in [-0.4, -0.2) is 4.98 Å². The van der Waals surface area contributed by atoms with Crippen molar-refractivity contribution in [3.63, 3.8) is 0 Å². The number of rotatable bonds is 1. The highest BCUT2D eigenvalue weighted by atomic mass is 14.8. The number of hydrogen-bond donors (Lipinski definition) is 0. The molecular weight excluding hydrogens is 148 g/mol. The molecule has 1 saturated carbocycles. The van der Waals surface area contributed by atoms with Gasteiger partial charge >= 0.3 is 0 Å².